The number of hydrogen-bond donors (Lipinski definition) is 1. The maximum absolute atomic E-state index is 12.1. The van der Waals surface area contributed by atoms with Crippen molar-refractivity contribution in [1.29, 1.82) is 0 Å². The van der Waals surface area contributed by atoms with Crippen molar-refractivity contribution in [3.63, 3.8) is 0 Å². The summed E-state index contributed by atoms with van der Waals surface area (Å²) in [5, 5.41) is 3.36. The Balaban J connectivity index is 2.38. The molecule has 3 nitrogen and oxygen atoms in total. The van der Waals surface area contributed by atoms with E-state index in [9.17, 15) is 4.79 Å². The van der Waals surface area contributed by atoms with Crippen LogP contribution in [0.3, 0.4) is 0 Å². The van der Waals surface area contributed by atoms with Crippen LogP contribution in [0.1, 0.15) is 47.5 Å². The van der Waals surface area contributed by atoms with Crippen molar-refractivity contribution in [2.75, 3.05) is 19.6 Å². The zero-order valence-corrected chi connectivity index (χ0v) is 12.0. The maximum atomic E-state index is 12.1. The van der Waals surface area contributed by atoms with Crippen molar-refractivity contribution in [2.24, 2.45) is 11.3 Å². The zero-order chi connectivity index (χ0) is 13.1. The van der Waals surface area contributed by atoms with Gasteiger partial charge >= 0.3 is 0 Å². The van der Waals surface area contributed by atoms with Crippen LogP contribution in [0.25, 0.3) is 0 Å². The van der Waals surface area contributed by atoms with Gasteiger partial charge in [-0.2, -0.15) is 0 Å². The Hall–Kier alpha value is -0.570. The standard InChI is InChI=1S/C14H28N2O/c1-11(9-14(3,4)5)8-13(17)16-7-6-15-12(2)10-16/h11-12,15H,6-10H2,1-5H3. The summed E-state index contributed by atoms with van der Waals surface area (Å²) >= 11 is 0. The van der Waals surface area contributed by atoms with Crippen LogP contribution in [0, 0.1) is 11.3 Å². The van der Waals surface area contributed by atoms with Gasteiger partial charge < -0.3 is 10.2 Å². The summed E-state index contributed by atoms with van der Waals surface area (Å²) in [4.78, 5) is 14.2. The second-order valence-electron chi connectivity index (χ2n) is 6.77. The third-order valence-corrected chi connectivity index (χ3v) is 3.21. The highest BCUT2D eigenvalue weighted by atomic mass is 16.2. The van der Waals surface area contributed by atoms with E-state index in [2.05, 4.69) is 39.9 Å². The van der Waals surface area contributed by atoms with E-state index in [0.29, 0.717) is 29.7 Å². The Morgan fingerprint density at radius 1 is 1.47 bits per heavy atom. The molecular weight excluding hydrogens is 212 g/mol. The predicted molar refractivity (Wildman–Crippen MR) is 71.9 cm³/mol. The molecule has 1 saturated heterocycles. The molecule has 1 N–H and O–H groups in total. The quantitative estimate of drug-likeness (QED) is 0.821. The van der Waals surface area contributed by atoms with Crippen molar-refractivity contribution >= 4 is 5.91 Å². The Labute approximate surface area is 106 Å². The molecule has 0 radical (unpaired) electrons. The molecule has 1 heterocycles. The Morgan fingerprint density at radius 2 is 2.12 bits per heavy atom. The lowest BCUT2D eigenvalue weighted by Gasteiger charge is -2.33. The first-order chi connectivity index (χ1) is 7.78. The van der Waals surface area contributed by atoms with Crippen molar-refractivity contribution in [1.82, 2.24) is 10.2 Å². The summed E-state index contributed by atoms with van der Waals surface area (Å²) in [6.07, 6.45) is 1.81. The number of amides is 1. The van der Waals surface area contributed by atoms with Gasteiger partial charge in [0.1, 0.15) is 0 Å². The van der Waals surface area contributed by atoms with E-state index in [1.807, 2.05) is 4.90 Å². The minimum Gasteiger partial charge on any atom is -0.340 e. The number of piperazine rings is 1. The van der Waals surface area contributed by atoms with Gasteiger partial charge in [-0.15, -0.1) is 0 Å². The Morgan fingerprint density at radius 3 is 2.65 bits per heavy atom. The number of carbonyl (C=O) groups excluding carboxylic acids is 1. The fraction of sp³-hybridized carbons (Fsp3) is 0.929. The van der Waals surface area contributed by atoms with Crippen LogP contribution in [-0.4, -0.2) is 36.5 Å². The van der Waals surface area contributed by atoms with Gasteiger partial charge in [-0.1, -0.05) is 27.7 Å². The molecule has 2 atom stereocenters. The fourth-order valence-corrected chi connectivity index (χ4v) is 2.70. The van der Waals surface area contributed by atoms with Gasteiger partial charge in [0.05, 0.1) is 0 Å². The van der Waals surface area contributed by atoms with E-state index >= 15 is 0 Å². The summed E-state index contributed by atoms with van der Waals surface area (Å²) < 4.78 is 0. The predicted octanol–water partition coefficient (Wildman–Crippen LogP) is 2.27. The molecule has 0 spiro atoms. The SMILES string of the molecule is CC(CC(=O)N1CCNC(C)C1)CC(C)(C)C. The minimum absolute atomic E-state index is 0.316. The summed E-state index contributed by atoms with van der Waals surface area (Å²) in [5.74, 6) is 0.808. The molecule has 0 saturated carbocycles. The Bertz CT molecular complexity index is 257. The fourth-order valence-electron chi connectivity index (χ4n) is 2.70. The third-order valence-electron chi connectivity index (χ3n) is 3.21. The molecule has 2 unspecified atom stereocenters. The molecule has 17 heavy (non-hydrogen) atoms. The third kappa shape index (κ3) is 5.53. The summed E-state index contributed by atoms with van der Waals surface area (Å²) in [6, 6.07) is 0.436. The molecule has 1 aliphatic rings. The number of nitrogens with zero attached hydrogens (tertiary/aromatic N) is 1. The summed E-state index contributed by atoms with van der Waals surface area (Å²) in [7, 11) is 0. The lowest BCUT2D eigenvalue weighted by atomic mass is 9.84. The lowest BCUT2D eigenvalue weighted by molar-refractivity contribution is -0.133. The topological polar surface area (TPSA) is 32.3 Å². The second kappa shape index (κ2) is 5.85. The van der Waals surface area contributed by atoms with Gasteiger partial charge in [0.2, 0.25) is 5.91 Å². The highest BCUT2D eigenvalue weighted by molar-refractivity contribution is 5.76. The number of hydrogen-bond acceptors (Lipinski definition) is 2. The monoisotopic (exact) mass is 240 g/mol. The highest BCUT2D eigenvalue weighted by Gasteiger charge is 2.23. The molecule has 0 aromatic carbocycles. The molecule has 100 valence electrons. The van der Waals surface area contributed by atoms with Crippen LogP contribution in [0.15, 0.2) is 0 Å². The highest BCUT2D eigenvalue weighted by Crippen LogP contribution is 2.26. The van der Waals surface area contributed by atoms with Gasteiger partial charge in [-0.25, -0.2) is 0 Å². The van der Waals surface area contributed by atoms with E-state index in [-0.39, 0.29) is 0 Å². The van der Waals surface area contributed by atoms with Crippen molar-refractivity contribution in [3.05, 3.63) is 0 Å². The second-order valence-corrected chi connectivity index (χ2v) is 6.77. The Kier molecular flexibility index (Phi) is 4.99. The van der Waals surface area contributed by atoms with Gasteiger partial charge in [-0.05, 0) is 24.7 Å². The molecule has 1 aliphatic heterocycles. The van der Waals surface area contributed by atoms with E-state index in [1.165, 1.54) is 0 Å². The van der Waals surface area contributed by atoms with Crippen molar-refractivity contribution in [3.8, 4) is 0 Å². The van der Waals surface area contributed by atoms with Crippen LogP contribution >= 0.6 is 0 Å². The summed E-state index contributed by atoms with van der Waals surface area (Å²) in [5.41, 5.74) is 0.316. The number of nitrogens with one attached hydrogen (secondary N) is 1. The summed E-state index contributed by atoms with van der Waals surface area (Å²) in [6.45, 7) is 13.7. The van der Waals surface area contributed by atoms with Crippen molar-refractivity contribution in [2.45, 2.75) is 53.5 Å². The molecule has 1 rings (SSSR count). The number of rotatable bonds is 3. The van der Waals surface area contributed by atoms with Crippen LogP contribution < -0.4 is 5.32 Å². The molecule has 1 fully saturated rings. The smallest absolute Gasteiger partial charge is 0.222 e. The molecule has 3 heteroatoms. The molecular formula is C14H28N2O. The minimum atomic E-state index is 0.316. The van der Waals surface area contributed by atoms with E-state index < -0.39 is 0 Å². The van der Waals surface area contributed by atoms with Crippen LogP contribution in [0.5, 0.6) is 0 Å². The van der Waals surface area contributed by atoms with Crippen molar-refractivity contribution < 1.29 is 4.79 Å². The molecule has 0 aliphatic carbocycles. The van der Waals surface area contributed by atoms with Crippen LogP contribution in [-0.2, 0) is 4.79 Å². The van der Waals surface area contributed by atoms with Crippen LogP contribution in [0.2, 0.25) is 0 Å². The molecule has 0 aromatic heterocycles. The largest absolute Gasteiger partial charge is 0.340 e. The van der Waals surface area contributed by atoms with Gasteiger partial charge in [0, 0.05) is 32.1 Å². The first-order valence-electron chi connectivity index (χ1n) is 6.79. The molecule has 1 amide bonds. The lowest BCUT2D eigenvalue weighted by Crippen LogP contribution is -2.51. The van der Waals surface area contributed by atoms with Gasteiger partial charge in [-0.3, -0.25) is 4.79 Å². The van der Waals surface area contributed by atoms with E-state index in [4.69, 9.17) is 0 Å². The van der Waals surface area contributed by atoms with Gasteiger partial charge in [0.25, 0.3) is 0 Å². The molecule has 0 bridgehead atoms. The first kappa shape index (κ1) is 14.5. The van der Waals surface area contributed by atoms with E-state index in [1.54, 1.807) is 0 Å². The maximum Gasteiger partial charge on any atom is 0.222 e. The van der Waals surface area contributed by atoms with Gasteiger partial charge in [0.15, 0.2) is 0 Å². The van der Waals surface area contributed by atoms with Crippen LogP contribution in [0.4, 0.5) is 0 Å². The zero-order valence-electron chi connectivity index (χ0n) is 12.0. The first-order valence-corrected chi connectivity index (χ1v) is 6.79. The normalized spacial score (nSPS) is 23.6. The average Bonchev–Trinajstić information content (AvgIpc) is 2.14. The van der Waals surface area contributed by atoms with E-state index in [0.717, 1.165) is 26.1 Å². The molecule has 0 aromatic rings. The average molecular weight is 240 g/mol. The number of carbonyl (C=O) groups is 1.